The summed E-state index contributed by atoms with van der Waals surface area (Å²) in [5.74, 6) is 0.317. The predicted octanol–water partition coefficient (Wildman–Crippen LogP) is 3.38. The Morgan fingerprint density at radius 2 is 1.86 bits per heavy atom. The molecule has 0 bridgehead atoms. The fraction of sp³-hybridized carbons (Fsp3) is 0.0588. The Balaban J connectivity index is 1.87. The number of aryl methyl sites for hydroxylation is 1. The quantitative estimate of drug-likeness (QED) is 0.754. The van der Waals surface area contributed by atoms with Crippen LogP contribution in [0.15, 0.2) is 54.7 Å². The third-order valence-corrected chi connectivity index (χ3v) is 3.40. The zero-order chi connectivity index (χ0) is 14.8. The Morgan fingerprint density at radius 1 is 1.10 bits per heavy atom. The van der Waals surface area contributed by atoms with Crippen LogP contribution in [-0.4, -0.2) is 10.9 Å². The molecule has 0 aliphatic rings. The van der Waals surface area contributed by atoms with E-state index in [1.54, 1.807) is 12.3 Å². The lowest BCUT2D eigenvalue weighted by molar-refractivity contribution is 0.102. The largest absolute Gasteiger partial charge is 0.397 e. The Kier molecular flexibility index (Phi) is 3.28. The molecule has 4 heteroatoms. The van der Waals surface area contributed by atoms with Crippen molar-refractivity contribution in [2.24, 2.45) is 0 Å². The Labute approximate surface area is 122 Å². The van der Waals surface area contributed by atoms with Gasteiger partial charge in [0.25, 0.3) is 5.91 Å². The highest BCUT2D eigenvalue weighted by Gasteiger charge is 2.08. The van der Waals surface area contributed by atoms with E-state index < -0.39 is 0 Å². The number of hydrogen-bond acceptors (Lipinski definition) is 3. The van der Waals surface area contributed by atoms with Crippen molar-refractivity contribution >= 4 is 28.2 Å². The van der Waals surface area contributed by atoms with Crippen LogP contribution in [-0.2, 0) is 0 Å². The Morgan fingerprint density at radius 3 is 2.62 bits per heavy atom. The van der Waals surface area contributed by atoms with Gasteiger partial charge in [-0.05, 0) is 41.5 Å². The zero-order valence-corrected chi connectivity index (χ0v) is 11.6. The number of pyridine rings is 1. The Bertz CT molecular complexity index is 827. The standard InChI is InChI=1S/C17H15N3O/c1-11-8-16(19-10-15(11)18)20-17(21)14-7-6-12-4-2-3-5-13(12)9-14/h2-10H,18H2,1H3,(H,19,20,21). The fourth-order valence-corrected chi connectivity index (χ4v) is 2.15. The van der Waals surface area contributed by atoms with E-state index in [9.17, 15) is 4.79 Å². The molecule has 1 amide bonds. The predicted molar refractivity (Wildman–Crippen MR) is 85.3 cm³/mol. The molecule has 0 spiro atoms. The van der Waals surface area contributed by atoms with Gasteiger partial charge in [-0.1, -0.05) is 30.3 Å². The van der Waals surface area contributed by atoms with E-state index in [1.165, 1.54) is 0 Å². The van der Waals surface area contributed by atoms with Crippen molar-refractivity contribution in [1.29, 1.82) is 0 Å². The van der Waals surface area contributed by atoms with Crippen molar-refractivity contribution in [1.82, 2.24) is 4.98 Å². The maximum absolute atomic E-state index is 12.3. The average molecular weight is 277 g/mol. The van der Waals surface area contributed by atoms with Crippen molar-refractivity contribution in [3.63, 3.8) is 0 Å². The van der Waals surface area contributed by atoms with Gasteiger partial charge in [0.2, 0.25) is 0 Å². The van der Waals surface area contributed by atoms with Crippen LogP contribution in [0, 0.1) is 6.92 Å². The molecule has 0 saturated heterocycles. The van der Waals surface area contributed by atoms with Crippen LogP contribution in [0.25, 0.3) is 10.8 Å². The number of nitrogens with one attached hydrogen (secondary N) is 1. The molecule has 0 fully saturated rings. The van der Waals surface area contributed by atoms with Crippen molar-refractivity contribution in [3.8, 4) is 0 Å². The van der Waals surface area contributed by atoms with Gasteiger partial charge in [0.15, 0.2) is 0 Å². The van der Waals surface area contributed by atoms with Crippen LogP contribution in [0.3, 0.4) is 0 Å². The molecule has 0 aliphatic carbocycles. The summed E-state index contributed by atoms with van der Waals surface area (Å²) in [7, 11) is 0. The van der Waals surface area contributed by atoms with Gasteiger partial charge >= 0.3 is 0 Å². The van der Waals surface area contributed by atoms with E-state index >= 15 is 0 Å². The van der Waals surface area contributed by atoms with Crippen molar-refractivity contribution in [2.45, 2.75) is 6.92 Å². The van der Waals surface area contributed by atoms with E-state index in [0.717, 1.165) is 16.3 Å². The summed E-state index contributed by atoms with van der Waals surface area (Å²) in [6, 6.07) is 15.3. The molecule has 21 heavy (non-hydrogen) atoms. The first-order valence-electron chi connectivity index (χ1n) is 6.66. The molecule has 104 valence electrons. The lowest BCUT2D eigenvalue weighted by Gasteiger charge is -2.07. The SMILES string of the molecule is Cc1cc(NC(=O)c2ccc3ccccc3c2)ncc1N. The molecule has 0 atom stereocenters. The first-order chi connectivity index (χ1) is 10.1. The van der Waals surface area contributed by atoms with Gasteiger partial charge < -0.3 is 11.1 Å². The minimum Gasteiger partial charge on any atom is -0.397 e. The van der Waals surface area contributed by atoms with Crippen LogP contribution < -0.4 is 11.1 Å². The highest BCUT2D eigenvalue weighted by Crippen LogP contribution is 2.17. The number of hydrogen-bond donors (Lipinski definition) is 2. The number of benzene rings is 2. The first-order valence-corrected chi connectivity index (χ1v) is 6.66. The molecule has 2 aromatic carbocycles. The zero-order valence-electron chi connectivity index (χ0n) is 11.6. The maximum atomic E-state index is 12.3. The van der Waals surface area contributed by atoms with Gasteiger partial charge in [-0.25, -0.2) is 4.98 Å². The van der Waals surface area contributed by atoms with Crippen LogP contribution in [0.1, 0.15) is 15.9 Å². The molecule has 4 nitrogen and oxygen atoms in total. The normalized spacial score (nSPS) is 10.5. The highest BCUT2D eigenvalue weighted by atomic mass is 16.1. The van der Waals surface area contributed by atoms with Crippen molar-refractivity contribution in [2.75, 3.05) is 11.1 Å². The second kappa shape index (κ2) is 5.25. The maximum Gasteiger partial charge on any atom is 0.256 e. The smallest absolute Gasteiger partial charge is 0.256 e. The first kappa shape index (κ1) is 13.1. The lowest BCUT2D eigenvalue weighted by Crippen LogP contribution is -2.13. The number of rotatable bonds is 2. The lowest BCUT2D eigenvalue weighted by atomic mass is 10.1. The fourth-order valence-electron chi connectivity index (χ4n) is 2.15. The number of fused-ring (bicyclic) bond motifs is 1. The van der Waals surface area contributed by atoms with E-state index in [1.807, 2.05) is 49.4 Å². The summed E-state index contributed by atoms with van der Waals surface area (Å²) in [6.45, 7) is 1.88. The monoisotopic (exact) mass is 277 g/mol. The van der Waals surface area contributed by atoms with Crippen LogP contribution in [0.5, 0.6) is 0 Å². The number of carbonyl (C=O) groups is 1. The topological polar surface area (TPSA) is 68.0 Å². The molecule has 1 heterocycles. The second-order valence-electron chi connectivity index (χ2n) is 4.94. The van der Waals surface area contributed by atoms with Crippen molar-refractivity contribution in [3.05, 3.63) is 65.9 Å². The summed E-state index contributed by atoms with van der Waals surface area (Å²) in [4.78, 5) is 16.4. The van der Waals surface area contributed by atoms with Gasteiger partial charge in [-0.2, -0.15) is 0 Å². The number of aromatic nitrogens is 1. The molecule has 1 aromatic heterocycles. The van der Waals surface area contributed by atoms with Gasteiger partial charge in [0, 0.05) is 5.56 Å². The second-order valence-corrected chi connectivity index (χ2v) is 4.94. The number of carbonyl (C=O) groups excluding carboxylic acids is 1. The number of anilines is 2. The number of amides is 1. The molecule has 0 radical (unpaired) electrons. The summed E-state index contributed by atoms with van der Waals surface area (Å²) in [5, 5.41) is 4.93. The minimum absolute atomic E-state index is 0.183. The van der Waals surface area contributed by atoms with Crippen LogP contribution in [0.4, 0.5) is 11.5 Å². The van der Waals surface area contributed by atoms with Gasteiger partial charge in [-0.3, -0.25) is 4.79 Å². The summed E-state index contributed by atoms with van der Waals surface area (Å²) >= 11 is 0. The highest BCUT2D eigenvalue weighted by molar-refractivity contribution is 6.06. The van der Waals surface area contributed by atoms with Gasteiger partial charge in [0.1, 0.15) is 5.82 Å². The molecular formula is C17H15N3O. The average Bonchev–Trinajstić information content (AvgIpc) is 2.50. The van der Waals surface area contributed by atoms with E-state index in [2.05, 4.69) is 10.3 Å². The molecule has 3 aromatic rings. The van der Waals surface area contributed by atoms with Gasteiger partial charge in [0.05, 0.1) is 11.9 Å². The Hall–Kier alpha value is -2.88. The van der Waals surface area contributed by atoms with Gasteiger partial charge in [-0.15, -0.1) is 0 Å². The number of nitrogens with zero attached hydrogens (tertiary/aromatic N) is 1. The van der Waals surface area contributed by atoms with E-state index in [-0.39, 0.29) is 5.91 Å². The molecule has 0 saturated carbocycles. The molecule has 0 unspecified atom stereocenters. The van der Waals surface area contributed by atoms with Crippen LogP contribution >= 0.6 is 0 Å². The molecule has 3 rings (SSSR count). The summed E-state index contributed by atoms with van der Waals surface area (Å²) in [6.07, 6.45) is 1.55. The molecule has 3 N–H and O–H groups in total. The molecular weight excluding hydrogens is 262 g/mol. The van der Waals surface area contributed by atoms with E-state index in [0.29, 0.717) is 17.1 Å². The number of nitrogens with two attached hydrogens (primary N) is 1. The summed E-state index contributed by atoms with van der Waals surface area (Å²) in [5.41, 5.74) is 7.82. The third-order valence-electron chi connectivity index (χ3n) is 3.40. The van der Waals surface area contributed by atoms with Crippen LogP contribution in [0.2, 0.25) is 0 Å². The van der Waals surface area contributed by atoms with E-state index in [4.69, 9.17) is 5.73 Å². The molecule has 0 aliphatic heterocycles. The summed E-state index contributed by atoms with van der Waals surface area (Å²) < 4.78 is 0. The third kappa shape index (κ3) is 2.69. The van der Waals surface area contributed by atoms with Crippen molar-refractivity contribution < 1.29 is 4.79 Å². The minimum atomic E-state index is -0.183. The number of nitrogen functional groups attached to an aromatic ring is 1.